The van der Waals surface area contributed by atoms with E-state index in [1.54, 1.807) is 0 Å². The Morgan fingerprint density at radius 2 is 1.77 bits per heavy atom. The van der Waals surface area contributed by atoms with Gasteiger partial charge >= 0.3 is 0 Å². The third-order valence-corrected chi connectivity index (χ3v) is 7.65. The van der Waals surface area contributed by atoms with Crippen molar-refractivity contribution in [3.05, 3.63) is 90.3 Å². The Kier molecular flexibility index (Phi) is 9.02. The Balaban J connectivity index is 1.48. The average molecular weight is 665 g/mol. The summed E-state index contributed by atoms with van der Waals surface area (Å²) in [7, 11) is 0. The van der Waals surface area contributed by atoms with E-state index in [2.05, 4.69) is 80.3 Å². The number of aryl methyl sites for hydroxylation is 1. The Morgan fingerprint density at radius 1 is 1.06 bits per heavy atom. The zero-order chi connectivity index (χ0) is 24.8. The number of ether oxygens (including phenoxy) is 2. The summed E-state index contributed by atoms with van der Waals surface area (Å²) in [5.41, 5.74) is 3.95. The van der Waals surface area contributed by atoms with Crippen LogP contribution in [0.25, 0.3) is 6.08 Å². The van der Waals surface area contributed by atoms with E-state index < -0.39 is 0 Å². The molecule has 4 rings (SSSR count). The van der Waals surface area contributed by atoms with Crippen molar-refractivity contribution >= 4 is 68.0 Å². The highest BCUT2D eigenvalue weighted by molar-refractivity contribution is 14.1. The standard InChI is InChI=1S/C27H26BrIN2O3S/c1-3-17-7-11-21(12-8-17)30-27-31-26(32)24(35-27)15-19-13-22(28)25(23(14-19)33-4-2)34-16-18-5-9-20(29)10-6-18/h5-15,27,30H,3-4,16H2,1-2H3,(H,31,32)/b24-15-/t27-/m0/s1. The van der Waals surface area contributed by atoms with Crippen LogP contribution >= 0.6 is 50.3 Å². The second-order valence-electron chi connectivity index (χ2n) is 7.85. The molecule has 1 saturated heterocycles. The van der Waals surface area contributed by atoms with Crippen molar-refractivity contribution in [2.45, 2.75) is 32.4 Å². The molecule has 0 spiro atoms. The van der Waals surface area contributed by atoms with Crippen LogP contribution in [0.15, 0.2) is 70.0 Å². The third kappa shape index (κ3) is 6.95. The molecule has 3 aromatic carbocycles. The Morgan fingerprint density at radius 3 is 2.46 bits per heavy atom. The first-order chi connectivity index (χ1) is 16.9. The van der Waals surface area contributed by atoms with Crippen LogP contribution in [-0.2, 0) is 17.8 Å². The van der Waals surface area contributed by atoms with Gasteiger partial charge < -0.3 is 20.1 Å². The average Bonchev–Trinajstić information content (AvgIpc) is 3.18. The van der Waals surface area contributed by atoms with Crippen LogP contribution in [0.1, 0.15) is 30.5 Å². The fourth-order valence-corrected chi connectivity index (χ4v) is 5.43. The van der Waals surface area contributed by atoms with Gasteiger partial charge in [0, 0.05) is 9.26 Å². The number of nitrogens with one attached hydrogen (secondary N) is 2. The van der Waals surface area contributed by atoms with Crippen molar-refractivity contribution in [1.29, 1.82) is 0 Å². The summed E-state index contributed by atoms with van der Waals surface area (Å²) in [6, 6.07) is 20.3. The molecule has 0 aliphatic carbocycles. The van der Waals surface area contributed by atoms with Crippen molar-refractivity contribution in [3.8, 4) is 11.5 Å². The fourth-order valence-electron chi connectivity index (χ4n) is 3.52. The lowest BCUT2D eigenvalue weighted by atomic mass is 10.1. The molecule has 5 nitrogen and oxygen atoms in total. The van der Waals surface area contributed by atoms with E-state index in [-0.39, 0.29) is 11.4 Å². The van der Waals surface area contributed by atoms with Crippen molar-refractivity contribution in [3.63, 3.8) is 0 Å². The summed E-state index contributed by atoms with van der Waals surface area (Å²) in [5, 5.41) is 6.35. The first kappa shape index (κ1) is 25.9. The van der Waals surface area contributed by atoms with Crippen molar-refractivity contribution < 1.29 is 14.3 Å². The van der Waals surface area contributed by atoms with Crippen LogP contribution in [0.3, 0.4) is 0 Å². The molecule has 1 heterocycles. The molecule has 2 N–H and O–H groups in total. The quantitative estimate of drug-likeness (QED) is 0.187. The lowest BCUT2D eigenvalue weighted by Gasteiger charge is -2.15. The van der Waals surface area contributed by atoms with Crippen LogP contribution in [0.4, 0.5) is 5.69 Å². The predicted octanol–water partition coefficient (Wildman–Crippen LogP) is 7.19. The number of anilines is 1. The molecule has 35 heavy (non-hydrogen) atoms. The van der Waals surface area contributed by atoms with Crippen LogP contribution in [0, 0.1) is 3.57 Å². The number of rotatable bonds is 9. The number of benzene rings is 3. The Hall–Kier alpha value is -2.17. The van der Waals surface area contributed by atoms with Gasteiger partial charge in [-0.1, -0.05) is 43.0 Å². The van der Waals surface area contributed by atoms with Gasteiger partial charge in [-0.05, 0) is 111 Å². The molecule has 0 radical (unpaired) electrons. The second kappa shape index (κ2) is 12.2. The van der Waals surface area contributed by atoms with Gasteiger partial charge in [0.25, 0.3) is 5.91 Å². The smallest absolute Gasteiger partial charge is 0.260 e. The molecule has 182 valence electrons. The summed E-state index contributed by atoms with van der Waals surface area (Å²) in [5.74, 6) is 1.17. The highest BCUT2D eigenvalue weighted by atomic mass is 127. The zero-order valence-corrected chi connectivity index (χ0v) is 24.0. The van der Waals surface area contributed by atoms with Gasteiger partial charge in [0.2, 0.25) is 0 Å². The Bertz CT molecular complexity index is 1220. The van der Waals surface area contributed by atoms with E-state index in [0.717, 1.165) is 27.7 Å². The minimum absolute atomic E-state index is 0.106. The number of carbonyl (C=O) groups excluding carboxylic acids is 1. The SMILES string of the molecule is CCOc1cc(/C=C2\S[C@@H](Nc3ccc(CC)cc3)NC2=O)cc(Br)c1OCc1ccc(I)cc1. The molecule has 0 saturated carbocycles. The number of amides is 1. The van der Waals surface area contributed by atoms with Gasteiger partial charge in [-0.3, -0.25) is 4.79 Å². The van der Waals surface area contributed by atoms with Crippen LogP contribution in [-0.4, -0.2) is 18.0 Å². The van der Waals surface area contributed by atoms with Crippen LogP contribution in [0.2, 0.25) is 0 Å². The third-order valence-electron chi connectivity index (χ3n) is 5.32. The van der Waals surface area contributed by atoms with Gasteiger partial charge in [-0.25, -0.2) is 0 Å². The van der Waals surface area contributed by atoms with Gasteiger partial charge in [-0.15, -0.1) is 0 Å². The van der Waals surface area contributed by atoms with E-state index in [1.807, 2.05) is 49.4 Å². The maximum atomic E-state index is 12.6. The number of hydrogen-bond donors (Lipinski definition) is 2. The summed E-state index contributed by atoms with van der Waals surface area (Å²) in [6.45, 7) is 5.00. The van der Waals surface area contributed by atoms with Gasteiger partial charge in [0.05, 0.1) is 16.0 Å². The van der Waals surface area contributed by atoms with Gasteiger partial charge in [0.1, 0.15) is 6.61 Å². The molecule has 1 atom stereocenters. The number of carbonyl (C=O) groups is 1. The molecule has 0 unspecified atom stereocenters. The number of halogens is 2. The van der Waals surface area contributed by atoms with E-state index in [9.17, 15) is 4.79 Å². The highest BCUT2D eigenvalue weighted by Crippen LogP contribution is 2.39. The molecular formula is C27H26BrIN2O3S. The molecule has 0 aromatic heterocycles. The fraction of sp³-hybridized carbons (Fsp3) is 0.222. The largest absolute Gasteiger partial charge is 0.490 e. The van der Waals surface area contributed by atoms with Crippen molar-refractivity contribution in [2.75, 3.05) is 11.9 Å². The molecule has 1 amide bonds. The summed E-state index contributed by atoms with van der Waals surface area (Å²) in [4.78, 5) is 13.3. The predicted molar refractivity (Wildman–Crippen MR) is 156 cm³/mol. The maximum absolute atomic E-state index is 12.6. The van der Waals surface area contributed by atoms with Crippen LogP contribution in [0.5, 0.6) is 11.5 Å². The molecular weight excluding hydrogens is 639 g/mol. The first-order valence-corrected chi connectivity index (χ1v) is 14.1. The van der Waals surface area contributed by atoms with E-state index >= 15 is 0 Å². The van der Waals surface area contributed by atoms with Gasteiger partial charge in [-0.2, -0.15) is 0 Å². The molecule has 1 aliphatic heterocycles. The minimum Gasteiger partial charge on any atom is -0.490 e. The van der Waals surface area contributed by atoms with Crippen molar-refractivity contribution in [2.24, 2.45) is 0 Å². The minimum atomic E-state index is -0.229. The maximum Gasteiger partial charge on any atom is 0.260 e. The monoisotopic (exact) mass is 664 g/mol. The number of thioether (sulfide) groups is 1. The zero-order valence-electron chi connectivity index (χ0n) is 19.4. The first-order valence-electron chi connectivity index (χ1n) is 11.3. The topological polar surface area (TPSA) is 59.6 Å². The van der Waals surface area contributed by atoms with Crippen molar-refractivity contribution in [1.82, 2.24) is 5.32 Å². The molecule has 3 aromatic rings. The summed E-state index contributed by atoms with van der Waals surface area (Å²) in [6.07, 6.45) is 2.87. The van der Waals surface area contributed by atoms with E-state index in [0.29, 0.717) is 29.6 Å². The highest BCUT2D eigenvalue weighted by Gasteiger charge is 2.27. The lowest BCUT2D eigenvalue weighted by Crippen LogP contribution is -2.30. The summed E-state index contributed by atoms with van der Waals surface area (Å²) >= 11 is 7.37. The summed E-state index contributed by atoms with van der Waals surface area (Å²) < 4.78 is 13.9. The molecule has 0 bridgehead atoms. The lowest BCUT2D eigenvalue weighted by molar-refractivity contribution is -0.116. The molecule has 1 aliphatic rings. The molecule has 1 fully saturated rings. The van der Waals surface area contributed by atoms with Crippen LogP contribution < -0.4 is 20.1 Å². The Labute approximate surface area is 232 Å². The normalized spacial score (nSPS) is 16.3. The van der Waals surface area contributed by atoms with E-state index in [4.69, 9.17) is 9.47 Å². The second-order valence-corrected chi connectivity index (χ2v) is 11.1. The van der Waals surface area contributed by atoms with Gasteiger partial charge in [0.15, 0.2) is 17.0 Å². The van der Waals surface area contributed by atoms with E-state index in [1.165, 1.54) is 20.9 Å². The number of hydrogen-bond acceptors (Lipinski definition) is 5. The molecule has 8 heteroatoms.